The number of aromatic nitrogens is 1. The van der Waals surface area contributed by atoms with Gasteiger partial charge in [-0.25, -0.2) is 13.1 Å². The Labute approximate surface area is 167 Å². The zero-order valence-corrected chi connectivity index (χ0v) is 17.1. The predicted octanol–water partition coefficient (Wildman–Crippen LogP) is 2.02. The molecule has 144 valence electrons. The molecule has 1 saturated heterocycles. The van der Waals surface area contributed by atoms with Crippen molar-refractivity contribution in [3.05, 3.63) is 58.9 Å². The van der Waals surface area contributed by atoms with Gasteiger partial charge in [0.05, 0.1) is 10.8 Å². The Balaban J connectivity index is 1.91. The molecular formula is C17H19ClN4O3S2. The third kappa shape index (κ3) is 3.97. The van der Waals surface area contributed by atoms with Crippen LogP contribution < -0.4 is 4.72 Å². The second kappa shape index (κ2) is 7.76. The first-order chi connectivity index (χ1) is 12.8. The summed E-state index contributed by atoms with van der Waals surface area (Å²) in [5.74, 6) is 0.334. The van der Waals surface area contributed by atoms with Crippen LogP contribution in [0, 0.1) is 0 Å². The first-order valence-corrected chi connectivity index (χ1v) is 10.9. The van der Waals surface area contributed by atoms with Gasteiger partial charge < -0.3 is 10.0 Å². The van der Waals surface area contributed by atoms with Crippen molar-refractivity contribution in [1.82, 2.24) is 14.6 Å². The molecule has 1 atom stereocenters. The summed E-state index contributed by atoms with van der Waals surface area (Å²) in [4.78, 5) is 9.63. The summed E-state index contributed by atoms with van der Waals surface area (Å²) in [5, 5.41) is 11.8. The topological polar surface area (TPSA) is 94.9 Å². The Hall–Kier alpha value is -1.65. The fourth-order valence-electron chi connectivity index (χ4n) is 2.73. The minimum absolute atomic E-state index is 0.0821. The summed E-state index contributed by atoms with van der Waals surface area (Å²) >= 11 is 7.55. The van der Waals surface area contributed by atoms with Crippen LogP contribution in [0.15, 0.2) is 52.6 Å². The smallest absolute Gasteiger partial charge is 0.242 e. The van der Waals surface area contributed by atoms with Gasteiger partial charge in [0, 0.05) is 38.6 Å². The quantitative estimate of drug-likeness (QED) is 0.759. The lowest BCUT2D eigenvalue weighted by atomic mass is 10.0. The molecule has 0 amide bonds. The molecule has 0 bridgehead atoms. The van der Waals surface area contributed by atoms with Gasteiger partial charge in [0.25, 0.3) is 0 Å². The van der Waals surface area contributed by atoms with Crippen LogP contribution >= 0.6 is 23.4 Å². The molecule has 0 saturated carbocycles. The molecule has 2 N–H and O–H groups in total. The van der Waals surface area contributed by atoms with Crippen molar-refractivity contribution >= 4 is 38.6 Å². The maximum absolute atomic E-state index is 12.8. The number of aliphatic hydroxyl groups is 1. The molecule has 27 heavy (non-hydrogen) atoms. The van der Waals surface area contributed by atoms with Crippen LogP contribution in [-0.4, -0.2) is 48.4 Å². The zero-order chi connectivity index (χ0) is 19.7. The van der Waals surface area contributed by atoms with Crippen LogP contribution in [0.4, 0.5) is 0 Å². The highest BCUT2D eigenvalue weighted by Crippen LogP contribution is 2.39. The molecule has 1 fully saturated rings. The molecule has 1 aromatic carbocycles. The Kier molecular flexibility index (Phi) is 5.78. The number of hydrogen-bond donors (Lipinski definition) is 2. The Morgan fingerprint density at radius 3 is 2.85 bits per heavy atom. The van der Waals surface area contributed by atoms with Crippen LogP contribution in [0.2, 0.25) is 5.02 Å². The molecule has 0 spiro atoms. The fourth-order valence-corrected chi connectivity index (χ4v) is 5.43. The minimum Gasteiger partial charge on any atom is -0.366 e. The van der Waals surface area contributed by atoms with E-state index in [2.05, 4.69) is 14.7 Å². The molecule has 0 radical (unpaired) electrons. The summed E-state index contributed by atoms with van der Waals surface area (Å²) in [6.07, 6.45) is 3.20. The highest BCUT2D eigenvalue weighted by molar-refractivity contribution is 8.14. The second-order valence-electron chi connectivity index (χ2n) is 6.00. The average molecular weight is 427 g/mol. The van der Waals surface area contributed by atoms with Crippen molar-refractivity contribution in [2.24, 2.45) is 4.99 Å². The van der Waals surface area contributed by atoms with E-state index in [4.69, 9.17) is 11.6 Å². The summed E-state index contributed by atoms with van der Waals surface area (Å²) in [7, 11) is -0.523. The van der Waals surface area contributed by atoms with E-state index in [1.165, 1.54) is 23.9 Å². The molecule has 2 heterocycles. The van der Waals surface area contributed by atoms with Crippen molar-refractivity contribution in [2.45, 2.75) is 17.2 Å². The molecule has 3 rings (SSSR count). The number of amidine groups is 1. The lowest BCUT2D eigenvalue weighted by Gasteiger charge is -2.31. The van der Waals surface area contributed by atoms with E-state index in [0.29, 0.717) is 16.5 Å². The molecule has 1 aliphatic rings. The standard InChI is InChI=1S/C17H19ClN4O3S2/c1-19-16-22(2)17(23,11-26-16)13-5-6-14(18)15(8-13)27(24,25)21-10-12-4-3-7-20-9-12/h3-9,21,23H,10-11H2,1-2H3. The summed E-state index contributed by atoms with van der Waals surface area (Å²) < 4.78 is 28.0. The van der Waals surface area contributed by atoms with E-state index >= 15 is 0 Å². The summed E-state index contributed by atoms with van der Waals surface area (Å²) in [6.45, 7) is 0.0867. The number of sulfonamides is 1. The third-order valence-electron chi connectivity index (χ3n) is 4.31. The average Bonchev–Trinajstić information content (AvgIpc) is 2.96. The maximum atomic E-state index is 12.8. The van der Waals surface area contributed by atoms with Gasteiger partial charge in [-0.1, -0.05) is 35.5 Å². The van der Waals surface area contributed by atoms with E-state index in [1.807, 2.05) is 0 Å². The molecule has 0 aliphatic carbocycles. The van der Waals surface area contributed by atoms with E-state index in [0.717, 1.165) is 5.56 Å². The number of thioether (sulfide) groups is 1. The largest absolute Gasteiger partial charge is 0.366 e. The number of nitrogens with one attached hydrogen (secondary N) is 1. The Morgan fingerprint density at radius 2 is 2.22 bits per heavy atom. The normalized spacial score (nSPS) is 21.8. The molecule has 1 aliphatic heterocycles. The first-order valence-electron chi connectivity index (χ1n) is 8.02. The number of pyridine rings is 1. The maximum Gasteiger partial charge on any atom is 0.242 e. The van der Waals surface area contributed by atoms with Gasteiger partial charge >= 0.3 is 0 Å². The molecule has 7 nitrogen and oxygen atoms in total. The van der Waals surface area contributed by atoms with E-state index < -0.39 is 15.7 Å². The lowest BCUT2D eigenvalue weighted by molar-refractivity contribution is -0.0349. The van der Waals surface area contributed by atoms with Crippen molar-refractivity contribution in [3.8, 4) is 0 Å². The molecule has 1 aromatic heterocycles. The molecule has 2 aromatic rings. The number of rotatable bonds is 5. The minimum atomic E-state index is -3.88. The number of hydrogen-bond acceptors (Lipinski definition) is 6. The number of aliphatic imine (C=N–C) groups is 1. The van der Waals surface area contributed by atoms with E-state index in [-0.39, 0.29) is 16.5 Å². The third-order valence-corrected chi connectivity index (χ3v) is 7.45. The molecule has 10 heteroatoms. The summed E-state index contributed by atoms with van der Waals surface area (Å²) in [6, 6.07) is 8.01. The van der Waals surface area contributed by atoms with Gasteiger partial charge in [-0.15, -0.1) is 0 Å². The van der Waals surface area contributed by atoms with Gasteiger partial charge in [0.2, 0.25) is 10.0 Å². The molecular weight excluding hydrogens is 408 g/mol. The van der Waals surface area contributed by atoms with E-state index in [1.54, 1.807) is 49.6 Å². The van der Waals surface area contributed by atoms with Crippen molar-refractivity contribution in [2.75, 3.05) is 19.8 Å². The zero-order valence-electron chi connectivity index (χ0n) is 14.8. The van der Waals surface area contributed by atoms with Gasteiger partial charge in [0.15, 0.2) is 10.9 Å². The van der Waals surface area contributed by atoms with Crippen LogP contribution in [0.1, 0.15) is 11.1 Å². The predicted molar refractivity (Wildman–Crippen MR) is 107 cm³/mol. The number of nitrogens with zero attached hydrogens (tertiary/aromatic N) is 3. The lowest BCUT2D eigenvalue weighted by Crippen LogP contribution is -2.42. The van der Waals surface area contributed by atoms with Gasteiger partial charge in [-0.2, -0.15) is 0 Å². The first kappa shape index (κ1) is 20.1. The SMILES string of the molecule is CN=C1SCC(O)(c2ccc(Cl)c(S(=O)(=O)NCc3cccnc3)c2)N1C. The number of halogens is 1. The summed E-state index contributed by atoms with van der Waals surface area (Å²) in [5.41, 5.74) is -0.206. The molecule has 1 unspecified atom stereocenters. The van der Waals surface area contributed by atoms with Crippen LogP contribution in [0.5, 0.6) is 0 Å². The van der Waals surface area contributed by atoms with Crippen molar-refractivity contribution in [1.29, 1.82) is 0 Å². The Morgan fingerprint density at radius 1 is 1.44 bits per heavy atom. The number of benzene rings is 1. The van der Waals surface area contributed by atoms with Crippen LogP contribution in [-0.2, 0) is 22.3 Å². The second-order valence-corrected chi connectivity index (χ2v) is 9.09. The van der Waals surface area contributed by atoms with E-state index in [9.17, 15) is 13.5 Å². The van der Waals surface area contributed by atoms with Crippen LogP contribution in [0.25, 0.3) is 0 Å². The van der Waals surface area contributed by atoms with Crippen LogP contribution in [0.3, 0.4) is 0 Å². The highest BCUT2D eigenvalue weighted by Gasteiger charge is 2.43. The van der Waals surface area contributed by atoms with Crippen molar-refractivity contribution in [3.63, 3.8) is 0 Å². The van der Waals surface area contributed by atoms with Gasteiger partial charge in [-0.05, 0) is 23.8 Å². The van der Waals surface area contributed by atoms with Gasteiger partial charge in [-0.3, -0.25) is 9.98 Å². The fraction of sp³-hybridized carbons (Fsp3) is 0.294. The Bertz CT molecular complexity index is 969. The van der Waals surface area contributed by atoms with Crippen molar-refractivity contribution < 1.29 is 13.5 Å². The van der Waals surface area contributed by atoms with Gasteiger partial charge in [0.1, 0.15) is 4.90 Å². The highest BCUT2D eigenvalue weighted by atomic mass is 35.5. The monoisotopic (exact) mass is 426 g/mol.